The second kappa shape index (κ2) is 4.63. The Labute approximate surface area is 108 Å². The van der Waals surface area contributed by atoms with Crippen LogP contribution in [0.15, 0.2) is 6.20 Å². The summed E-state index contributed by atoms with van der Waals surface area (Å²) in [5.74, 6) is 0. The number of nitrogens with one attached hydrogen (secondary N) is 1. The van der Waals surface area contributed by atoms with E-state index in [-0.39, 0.29) is 11.7 Å². The van der Waals surface area contributed by atoms with Crippen LogP contribution < -0.4 is 5.32 Å². The van der Waals surface area contributed by atoms with E-state index in [2.05, 4.69) is 29.5 Å². The summed E-state index contributed by atoms with van der Waals surface area (Å²) in [4.78, 5) is 0. The number of rotatable bonds is 5. The Morgan fingerprint density at radius 2 is 2.28 bits per heavy atom. The van der Waals surface area contributed by atoms with Crippen molar-refractivity contribution in [1.29, 1.82) is 0 Å². The van der Waals surface area contributed by atoms with E-state index < -0.39 is 0 Å². The van der Waals surface area contributed by atoms with Crippen LogP contribution in [0.25, 0.3) is 0 Å². The van der Waals surface area contributed by atoms with Gasteiger partial charge in [-0.15, -0.1) is 5.10 Å². The Balaban J connectivity index is 1.50. The molecule has 1 aromatic rings. The minimum Gasteiger partial charge on any atom is -0.370 e. The summed E-state index contributed by atoms with van der Waals surface area (Å²) in [5, 5.41) is 11.8. The first kappa shape index (κ1) is 12.1. The first-order chi connectivity index (χ1) is 8.61. The molecule has 1 saturated carbocycles. The van der Waals surface area contributed by atoms with Crippen molar-refractivity contribution < 1.29 is 4.74 Å². The smallest absolute Gasteiger partial charge is 0.0964 e. The normalized spacial score (nSPS) is 26.7. The third kappa shape index (κ3) is 3.09. The van der Waals surface area contributed by atoms with Crippen LogP contribution in [0.5, 0.6) is 0 Å². The minimum atomic E-state index is 0.0294. The molecule has 0 bridgehead atoms. The Morgan fingerprint density at radius 1 is 1.44 bits per heavy atom. The van der Waals surface area contributed by atoms with Crippen LogP contribution in [-0.2, 0) is 17.8 Å². The van der Waals surface area contributed by atoms with Gasteiger partial charge in [-0.25, -0.2) is 4.68 Å². The summed E-state index contributed by atoms with van der Waals surface area (Å²) in [6, 6.07) is 0.717. The van der Waals surface area contributed by atoms with Crippen LogP contribution in [0.1, 0.15) is 45.2 Å². The topological polar surface area (TPSA) is 52.0 Å². The summed E-state index contributed by atoms with van der Waals surface area (Å²) < 4.78 is 7.88. The zero-order valence-electron chi connectivity index (χ0n) is 11.2. The van der Waals surface area contributed by atoms with E-state index in [0.717, 1.165) is 31.6 Å². The zero-order chi connectivity index (χ0) is 12.6. The van der Waals surface area contributed by atoms with Gasteiger partial charge < -0.3 is 10.1 Å². The molecule has 1 aliphatic carbocycles. The average molecular weight is 250 g/mol. The third-order valence-electron chi connectivity index (χ3n) is 3.68. The maximum absolute atomic E-state index is 5.97. The average Bonchev–Trinajstić information content (AvgIpc) is 2.94. The Hall–Kier alpha value is -0.940. The summed E-state index contributed by atoms with van der Waals surface area (Å²) in [7, 11) is 0. The van der Waals surface area contributed by atoms with E-state index in [0.29, 0.717) is 6.04 Å². The number of aromatic nitrogens is 3. The van der Waals surface area contributed by atoms with Crippen molar-refractivity contribution >= 4 is 0 Å². The molecule has 2 fully saturated rings. The fourth-order valence-electron chi connectivity index (χ4n) is 2.46. The van der Waals surface area contributed by atoms with Crippen molar-refractivity contribution in [1.82, 2.24) is 20.3 Å². The van der Waals surface area contributed by atoms with E-state index >= 15 is 0 Å². The first-order valence-electron chi connectivity index (χ1n) is 6.91. The predicted molar refractivity (Wildman–Crippen MR) is 68.1 cm³/mol. The van der Waals surface area contributed by atoms with Gasteiger partial charge in [-0.05, 0) is 39.5 Å². The molecule has 0 radical (unpaired) electrons. The van der Waals surface area contributed by atoms with Gasteiger partial charge in [0.05, 0.1) is 23.9 Å². The van der Waals surface area contributed by atoms with Crippen molar-refractivity contribution in [3.63, 3.8) is 0 Å². The van der Waals surface area contributed by atoms with Crippen LogP contribution in [0.3, 0.4) is 0 Å². The summed E-state index contributed by atoms with van der Waals surface area (Å²) >= 11 is 0. The molecule has 100 valence electrons. The Kier molecular flexibility index (Phi) is 3.11. The summed E-state index contributed by atoms with van der Waals surface area (Å²) in [6.45, 7) is 5.96. The molecule has 1 atom stereocenters. The second-order valence-corrected chi connectivity index (χ2v) is 6.13. The highest BCUT2D eigenvalue weighted by Gasteiger charge is 2.31. The van der Waals surface area contributed by atoms with Crippen LogP contribution >= 0.6 is 0 Å². The lowest BCUT2D eigenvalue weighted by atomic mass is 10.1. The van der Waals surface area contributed by atoms with Gasteiger partial charge in [-0.3, -0.25) is 0 Å². The van der Waals surface area contributed by atoms with E-state index in [1.54, 1.807) is 0 Å². The highest BCUT2D eigenvalue weighted by atomic mass is 16.5. The molecular formula is C13H22N4O. The quantitative estimate of drug-likeness (QED) is 0.860. The Bertz CT molecular complexity index is 411. The summed E-state index contributed by atoms with van der Waals surface area (Å²) in [5.41, 5.74) is 1.06. The molecule has 2 heterocycles. The largest absolute Gasteiger partial charge is 0.370 e. The van der Waals surface area contributed by atoms with Crippen LogP contribution in [-0.4, -0.2) is 32.7 Å². The lowest BCUT2D eigenvalue weighted by molar-refractivity contribution is -0.0231. The van der Waals surface area contributed by atoms with Crippen LogP contribution in [0, 0.1) is 0 Å². The highest BCUT2D eigenvalue weighted by Crippen LogP contribution is 2.29. The fraction of sp³-hybridized carbons (Fsp3) is 0.846. The molecule has 1 saturated heterocycles. The van der Waals surface area contributed by atoms with Crippen LogP contribution in [0.2, 0.25) is 0 Å². The maximum Gasteiger partial charge on any atom is 0.0964 e. The van der Waals surface area contributed by atoms with Gasteiger partial charge in [0.25, 0.3) is 0 Å². The number of hydrogen-bond donors (Lipinski definition) is 1. The van der Waals surface area contributed by atoms with Gasteiger partial charge in [-0.2, -0.15) is 0 Å². The van der Waals surface area contributed by atoms with Gasteiger partial charge in [0, 0.05) is 18.8 Å². The molecule has 5 heteroatoms. The van der Waals surface area contributed by atoms with Gasteiger partial charge >= 0.3 is 0 Å². The molecule has 2 aliphatic rings. The molecule has 0 amide bonds. The highest BCUT2D eigenvalue weighted by molar-refractivity contribution is 4.94. The lowest BCUT2D eigenvalue weighted by Gasteiger charge is -2.18. The van der Waals surface area contributed by atoms with Crippen LogP contribution in [0.4, 0.5) is 0 Å². The number of ether oxygens (including phenoxy) is 1. The molecule has 1 aromatic heterocycles. The monoisotopic (exact) mass is 250 g/mol. The SMILES string of the molecule is CC1(C)CCC(Cn2cc(CNC3CC3)nn2)O1. The van der Waals surface area contributed by atoms with Gasteiger partial charge in [-0.1, -0.05) is 5.21 Å². The predicted octanol–water partition coefficient (Wildman–Crippen LogP) is 1.49. The Morgan fingerprint density at radius 3 is 2.94 bits per heavy atom. The van der Waals surface area contributed by atoms with Gasteiger partial charge in [0.15, 0.2) is 0 Å². The number of hydrogen-bond acceptors (Lipinski definition) is 4. The molecule has 3 rings (SSSR count). The molecule has 18 heavy (non-hydrogen) atoms. The molecule has 0 spiro atoms. The standard InChI is InChI=1S/C13H22N4O/c1-13(2)6-5-12(18-13)9-17-8-11(15-16-17)7-14-10-3-4-10/h8,10,12,14H,3-7,9H2,1-2H3. The zero-order valence-corrected chi connectivity index (χ0v) is 11.2. The van der Waals surface area contributed by atoms with E-state index in [4.69, 9.17) is 4.74 Å². The number of nitrogens with zero attached hydrogens (tertiary/aromatic N) is 3. The molecule has 0 aromatic carbocycles. The lowest BCUT2D eigenvalue weighted by Crippen LogP contribution is -2.23. The second-order valence-electron chi connectivity index (χ2n) is 6.13. The van der Waals surface area contributed by atoms with Crippen molar-refractivity contribution in [2.24, 2.45) is 0 Å². The minimum absolute atomic E-state index is 0.0294. The van der Waals surface area contributed by atoms with E-state index in [1.165, 1.54) is 12.8 Å². The molecule has 5 nitrogen and oxygen atoms in total. The maximum atomic E-state index is 5.97. The van der Waals surface area contributed by atoms with Gasteiger partial charge in [0.1, 0.15) is 0 Å². The molecule has 1 N–H and O–H groups in total. The first-order valence-corrected chi connectivity index (χ1v) is 6.91. The third-order valence-corrected chi connectivity index (χ3v) is 3.68. The van der Waals surface area contributed by atoms with E-state index in [1.807, 2.05) is 10.9 Å². The van der Waals surface area contributed by atoms with E-state index in [9.17, 15) is 0 Å². The fourth-order valence-corrected chi connectivity index (χ4v) is 2.46. The van der Waals surface area contributed by atoms with Crippen molar-refractivity contribution in [3.05, 3.63) is 11.9 Å². The molecule has 1 unspecified atom stereocenters. The van der Waals surface area contributed by atoms with Crippen molar-refractivity contribution in [2.75, 3.05) is 0 Å². The van der Waals surface area contributed by atoms with Crippen molar-refractivity contribution in [2.45, 2.75) is 70.4 Å². The van der Waals surface area contributed by atoms with Crippen molar-refractivity contribution in [3.8, 4) is 0 Å². The van der Waals surface area contributed by atoms with Gasteiger partial charge in [0.2, 0.25) is 0 Å². The summed E-state index contributed by atoms with van der Waals surface area (Å²) in [6.07, 6.45) is 7.17. The molecular weight excluding hydrogens is 228 g/mol. The molecule has 1 aliphatic heterocycles.